The molecular weight excluding hydrogens is 172 g/mol. The Morgan fingerprint density at radius 2 is 2.00 bits per heavy atom. The van der Waals surface area contributed by atoms with Crippen LogP contribution < -0.4 is 0 Å². The van der Waals surface area contributed by atoms with E-state index in [1.54, 1.807) is 0 Å². The molecule has 1 atom stereocenters. The maximum Gasteiger partial charge on any atom is 0.0433 e. The lowest BCUT2D eigenvalue weighted by atomic mass is 9.94. The molecule has 0 aliphatic carbocycles. The van der Waals surface area contributed by atoms with Gasteiger partial charge in [-0.05, 0) is 43.7 Å². The van der Waals surface area contributed by atoms with E-state index in [2.05, 4.69) is 39.0 Å². The first-order valence-corrected chi connectivity index (χ1v) is 5.30. The molecule has 0 aliphatic rings. The fraction of sp³-hybridized carbons (Fsp3) is 0.538. The standard InChI is InChI=1S/C13H20O/c1-10-4-5-12(3)13(8-10)9-11(2)6-7-14/h4-5,8,11,14H,6-7,9H2,1-3H3. The van der Waals surface area contributed by atoms with Gasteiger partial charge >= 0.3 is 0 Å². The monoisotopic (exact) mass is 192 g/mol. The molecule has 0 radical (unpaired) electrons. The molecule has 0 spiro atoms. The van der Waals surface area contributed by atoms with Crippen molar-refractivity contribution < 1.29 is 5.11 Å². The molecule has 0 saturated heterocycles. The molecule has 1 rings (SSSR count). The van der Waals surface area contributed by atoms with Crippen molar-refractivity contribution in [1.29, 1.82) is 0 Å². The minimum absolute atomic E-state index is 0.298. The minimum Gasteiger partial charge on any atom is -0.396 e. The third-order valence-corrected chi connectivity index (χ3v) is 2.69. The molecule has 0 amide bonds. The summed E-state index contributed by atoms with van der Waals surface area (Å²) in [6.07, 6.45) is 1.97. The highest BCUT2D eigenvalue weighted by Crippen LogP contribution is 2.16. The molecule has 0 heterocycles. The van der Waals surface area contributed by atoms with Crippen LogP contribution in [0.3, 0.4) is 0 Å². The topological polar surface area (TPSA) is 20.2 Å². The highest BCUT2D eigenvalue weighted by Gasteiger charge is 2.05. The summed E-state index contributed by atoms with van der Waals surface area (Å²) in [5.74, 6) is 0.570. The van der Waals surface area contributed by atoms with Gasteiger partial charge in [-0.25, -0.2) is 0 Å². The molecule has 14 heavy (non-hydrogen) atoms. The van der Waals surface area contributed by atoms with Crippen molar-refractivity contribution >= 4 is 0 Å². The zero-order valence-corrected chi connectivity index (χ0v) is 9.38. The van der Waals surface area contributed by atoms with Crippen molar-refractivity contribution in [3.63, 3.8) is 0 Å². The third kappa shape index (κ3) is 3.15. The molecule has 1 aromatic carbocycles. The summed E-state index contributed by atoms with van der Waals surface area (Å²) in [4.78, 5) is 0. The second kappa shape index (κ2) is 5.16. The van der Waals surface area contributed by atoms with E-state index in [0.717, 1.165) is 12.8 Å². The van der Waals surface area contributed by atoms with Crippen molar-refractivity contribution in [3.8, 4) is 0 Å². The van der Waals surface area contributed by atoms with E-state index in [1.165, 1.54) is 16.7 Å². The van der Waals surface area contributed by atoms with Gasteiger partial charge in [-0.1, -0.05) is 30.7 Å². The number of aryl methyl sites for hydroxylation is 2. The Morgan fingerprint density at radius 3 is 2.64 bits per heavy atom. The summed E-state index contributed by atoms with van der Waals surface area (Å²) < 4.78 is 0. The molecule has 78 valence electrons. The fourth-order valence-corrected chi connectivity index (χ4v) is 1.72. The molecule has 1 nitrogen and oxygen atoms in total. The molecule has 1 N–H and O–H groups in total. The number of rotatable bonds is 4. The van der Waals surface area contributed by atoms with Crippen LogP contribution >= 0.6 is 0 Å². The van der Waals surface area contributed by atoms with E-state index >= 15 is 0 Å². The van der Waals surface area contributed by atoms with E-state index < -0.39 is 0 Å². The Kier molecular flexibility index (Phi) is 4.15. The van der Waals surface area contributed by atoms with Gasteiger partial charge in [0, 0.05) is 6.61 Å². The van der Waals surface area contributed by atoms with E-state index in [4.69, 9.17) is 5.11 Å². The number of benzene rings is 1. The molecule has 1 unspecified atom stereocenters. The van der Waals surface area contributed by atoms with Crippen LogP contribution in [0.1, 0.15) is 30.0 Å². The summed E-state index contributed by atoms with van der Waals surface area (Å²) in [7, 11) is 0. The minimum atomic E-state index is 0.298. The first kappa shape index (κ1) is 11.3. The van der Waals surface area contributed by atoms with Gasteiger partial charge in [0.15, 0.2) is 0 Å². The summed E-state index contributed by atoms with van der Waals surface area (Å²) in [5, 5.41) is 8.84. The van der Waals surface area contributed by atoms with Gasteiger partial charge in [-0.3, -0.25) is 0 Å². The predicted molar refractivity (Wildman–Crippen MR) is 60.5 cm³/mol. The Labute approximate surface area is 86.8 Å². The van der Waals surface area contributed by atoms with Gasteiger partial charge in [0.25, 0.3) is 0 Å². The van der Waals surface area contributed by atoms with Crippen LogP contribution in [-0.4, -0.2) is 11.7 Å². The Morgan fingerprint density at radius 1 is 1.29 bits per heavy atom. The number of aliphatic hydroxyl groups is 1. The van der Waals surface area contributed by atoms with Crippen molar-refractivity contribution in [2.24, 2.45) is 5.92 Å². The van der Waals surface area contributed by atoms with Gasteiger partial charge in [-0.2, -0.15) is 0 Å². The molecule has 1 aromatic rings. The highest BCUT2D eigenvalue weighted by atomic mass is 16.3. The number of hydrogen-bond acceptors (Lipinski definition) is 1. The third-order valence-electron chi connectivity index (χ3n) is 2.69. The molecular formula is C13H20O. The normalized spacial score (nSPS) is 12.9. The number of hydrogen-bond donors (Lipinski definition) is 1. The van der Waals surface area contributed by atoms with Crippen LogP contribution in [-0.2, 0) is 6.42 Å². The van der Waals surface area contributed by atoms with E-state index in [0.29, 0.717) is 12.5 Å². The molecule has 1 heteroatoms. The van der Waals surface area contributed by atoms with Crippen molar-refractivity contribution in [2.45, 2.75) is 33.6 Å². The van der Waals surface area contributed by atoms with Crippen molar-refractivity contribution in [1.82, 2.24) is 0 Å². The molecule has 0 aromatic heterocycles. The van der Waals surface area contributed by atoms with Crippen LogP contribution in [0.5, 0.6) is 0 Å². The van der Waals surface area contributed by atoms with Gasteiger partial charge in [-0.15, -0.1) is 0 Å². The largest absolute Gasteiger partial charge is 0.396 e. The van der Waals surface area contributed by atoms with Crippen LogP contribution in [0.2, 0.25) is 0 Å². The Hall–Kier alpha value is -0.820. The van der Waals surface area contributed by atoms with E-state index in [9.17, 15) is 0 Å². The zero-order chi connectivity index (χ0) is 10.6. The Bertz CT molecular complexity index is 291. The summed E-state index contributed by atoms with van der Waals surface area (Å²) in [5.41, 5.74) is 4.10. The zero-order valence-electron chi connectivity index (χ0n) is 9.38. The molecule has 0 saturated carbocycles. The summed E-state index contributed by atoms with van der Waals surface area (Å²) in [6.45, 7) is 6.77. The average molecular weight is 192 g/mol. The smallest absolute Gasteiger partial charge is 0.0433 e. The maximum absolute atomic E-state index is 8.84. The van der Waals surface area contributed by atoms with Crippen molar-refractivity contribution in [3.05, 3.63) is 34.9 Å². The second-order valence-corrected chi connectivity index (χ2v) is 4.25. The Balaban J connectivity index is 2.70. The van der Waals surface area contributed by atoms with Crippen LogP contribution in [0.25, 0.3) is 0 Å². The first-order chi connectivity index (χ1) is 6.63. The lowest BCUT2D eigenvalue weighted by Crippen LogP contribution is -2.03. The van der Waals surface area contributed by atoms with E-state index in [1.807, 2.05) is 0 Å². The summed E-state index contributed by atoms with van der Waals surface area (Å²) in [6, 6.07) is 6.58. The predicted octanol–water partition coefficient (Wildman–Crippen LogP) is 2.86. The fourth-order valence-electron chi connectivity index (χ4n) is 1.72. The van der Waals surface area contributed by atoms with Gasteiger partial charge in [0.2, 0.25) is 0 Å². The van der Waals surface area contributed by atoms with Crippen LogP contribution in [0.4, 0.5) is 0 Å². The second-order valence-electron chi connectivity index (χ2n) is 4.25. The summed E-state index contributed by atoms with van der Waals surface area (Å²) >= 11 is 0. The molecule has 0 aliphatic heterocycles. The lowest BCUT2D eigenvalue weighted by Gasteiger charge is -2.12. The lowest BCUT2D eigenvalue weighted by molar-refractivity contribution is 0.262. The van der Waals surface area contributed by atoms with Gasteiger partial charge < -0.3 is 5.11 Å². The molecule has 0 fully saturated rings. The quantitative estimate of drug-likeness (QED) is 0.777. The SMILES string of the molecule is Cc1ccc(C)c(CC(C)CCO)c1. The number of aliphatic hydroxyl groups excluding tert-OH is 1. The first-order valence-electron chi connectivity index (χ1n) is 5.30. The average Bonchev–Trinajstić information content (AvgIpc) is 2.12. The van der Waals surface area contributed by atoms with Crippen LogP contribution in [0, 0.1) is 19.8 Å². The van der Waals surface area contributed by atoms with E-state index in [-0.39, 0.29) is 0 Å². The van der Waals surface area contributed by atoms with Gasteiger partial charge in [0.05, 0.1) is 0 Å². The van der Waals surface area contributed by atoms with Crippen molar-refractivity contribution in [2.75, 3.05) is 6.61 Å². The van der Waals surface area contributed by atoms with Gasteiger partial charge in [0.1, 0.15) is 0 Å². The van der Waals surface area contributed by atoms with Crippen LogP contribution in [0.15, 0.2) is 18.2 Å². The highest BCUT2D eigenvalue weighted by molar-refractivity contribution is 5.30. The molecule has 0 bridgehead atoms. The maximum atomic E-state index is 8.84.